The van der Waals surface area contributed by atoms with Gasteiger partial charge in [-0.05, 0) is 43.5 Å². The highest BCUT2D eigenvalue weighted by atomic mass is 35.5. The Morgan fingerprint density at radius 1 is 1.25 bits per heavy atom. The van der Waals surface area contributed by atoms with Crippen molar-refractivity contribution in [2.24, 2.45) is 0 Å². The van der Waals surface area contributed by atoms with E-state index in [4.69, 9.17) is 11.6 Å². The quantitative estimate of drug-likeness (QED) is 0.738. The molecule has 28 heavy (non-hydrogen) atoms. The summed E-state index contributed by atoms with van der Waals surface area (Å²) in [5.41, 5.74) is 3.92. The van der Waals surface area contributed by atoms with Crippen molar-refractivity contribution in [2.75, 3.05) is 29.9 Å². The second-order valence-electron chi connectivity index (χ2n) is 7.15. The Bertz CT molecular complexity index is 982. The van der Waals surface area contributed by atoms with Gasteiger partial charge in [-0.2, -0.15) is 0 Å². The van der Waals surface area contributed by atoms with Crippen molar-refractivity contribution in [2.45, 2.75) is 26.2 Å². The molecule has 2 aliphatic rings. The molecule has 0 saturated carbocycles. The highest BCUT2D eigenvalue weighted by Crippen LogP contribution is 2.30. The predicted octanol–water partition coefficient (Wildman–Crippen LogP) is 2.68. The molecule has 2 amide bonds. The van der Waals surface area contributed by atoms with Crippen LogP contribution in [0, 0.1) is 6.92 Å². The molecule has 8 heteroatoms. The number of aromatic nitrogens is 1. The number of piperazine rings is 1. The molecule has 0 atom stereocenters. The largest absolute Gasteiger partial charge is 0.359 e. The first kappa shape index (κ1) is 18.6. The number of aryl methyl sites for hydroxylation is 1. The number of anilines is 2. The lowest BCUT2D eigenvalue weighted by atomic mass is 9.94. The number of hydrogen-bond donors (Lipinski definition) is 3. The van der Waals surface area contributed by atoms with Gasteiger partial charge in [0, 0.05) is 36.5 Å². The zero-order valence-electron chi connectivity index (χ0n) is 15.5. The third kappa shape index (κ3) is 3.38. The van der Waals surface area contributed by atoms with Crippen molar-refractivity contribution in [3.05, 3.63) is 45.7 Å². The highest BCUT2D eigenvalue weighted by molar-refractivity contribution is 6.33. The summed E-state index contributed by atoms with van der Waals surface area (Å²) in [4.78, 5) is 41.5. The zero-order valence-corrected chi connectivity index (χ0v) is 16.3. The Kier molecular flexibility index (Phi) is 4.85. The number of aromatic amines is 1. The van der Waals surface area contributed by atoms with Gasteiger partial charge >= 0.3 is 0 Å². The fourth-order valence-corrected chi connectivity index (χ4v) is 4.18. The van der Waals surface area contributed by atoms with E-state index in [1.807, 2.05) is 4.90 Å². The minimum atomic E-state index is -0.305. The van der Waals surface area contributed by atoms with Crippen molar-refractivity contribution in [3.8, 4) is 0 Å². The molecule has 1 aromatic heterocycles. The summed E-state index contributed by atoms with van der Waals surface area (Å²) in [5, 5.41) is 6.08. The summed E-state index contributed by atoms with van der Waals surface area (Å²) in [6.45, 7) is 3.30. The summed E-state index contributed by atoms with van der Waals surface area (Å²) in [6.07, 6.45) is 2.11. The monoisotopic (exact) mass is 400 g/mol. The molecule has 7 nitrogen and oxygen atoms in total. The van der Waals surface area contributed by atoms with E-state index in [2.05, 4.69) is 15.6 Å². The smallest absolute Gasteiger partial charge is 0.272 e. The number of benzene rings is 1. The van der Waals surface area contributed by atoms with Gasteiger partial charge in [-0.3, -0.25) is 14.4 Å². The van der Waals surface area contributed by atoms with Crippen LogP contribution in [0.5, 0.6) is 0 Å². The van der Waals surface area contributed by atoms with Crippen molar-refractivity contribution in [3.63, 3.8) is 0 Å². The molecule has 0 unspecified atom stereocenters. The normalized spacial score (nSPS) is 16.6. The Morgan fingerprint density at radius 2 is 2.07 bits per heavy atom. The van der Waals surface area contributed by atoms with Crippen LogP contribution >= 0.6 is 11.6 Å². The third-order valence-electron chi connectivity index (χ3n) is 5.25. The summed E-state index contributed by atoms with van der Waals surface area (Å²) in [7, 11) is 0. The zero-order chi connectivity index (χ0) is 19.8. The summed E-state index contributed by atoms with van der Waals surface area (Å²) < 4.78 is 0. The van der Waals surface area contributed by atoms with Gasteiger partial charge in [0.1, 0.15) is 5.69 Å². The first-order chi connectivity index (χ1) is 13.4. The van der Waals surface area contributed by atoms with E-state index in [1.54, 1.807) is 25.1 Å². The number of ketones is 1. The van der Waals surface area contributed by atoms with Gasteiger partial charge in [-0.15, -0.1) is 0 Å². The topological polar surface area (TPSA) is 94.3 Å². The summed E-state index contributed by atoms with van der Waals surface area (Å²) >= 11 is 6.40. The van der Waals surface area contributed by atoms with E-state index < -0.39 is 0 Å². The molecular weight excluding hydrogens is 380 g/mol. The Labute approximate surface area is 167 Å². The molecule has 1 fully saturated rings. The number of carbonyl (C=O) groups is 3. The molecule has 0 spiro atoms. The molecular formula is C20H21ClN4O3. The molecule has 2 aromatic rings. The van der Waals surface area contributed by atoms with E-state index in [9.17, 15) is 14.4 Å². The van der Waals surface area contributed by atoms with Crippen molar-refractivity contribution in [1.82, 2.24) is 10.3 Å². The van der Waals surface area contributed by atoms with E-state index in [-0.39, 0.29) is 24.1 Å². The third-order valence-corrected chi connectivity index (χ3v) is 5.55. The summed E-state index contributed by atoms with van der Waals surface area (Å²) in [6, 6.07) is 5.23. The second kappa shape index (κ2) is 7.31. The maximum atomic E-state index is 12.7. The average Bonchev–Trinajstić information content (AvgIpc) is 3.00. The number of rotatable bonds is 3. The van der Waals surface area contributed by atoms with Crippen LogP contribution in [-0.4, -0.2) is 42.2 Å². The SMILES string of the molecule is Cc1c(C(=O)Nc2ccc(N3CCNC(=O)C3)c(Cl)c2)[nH]c2c1C(=O)CCC2. The number of Topliss-reactive ketones (excluding diaryl/α,β-unsaturated/α-hetero) is 1. The number of hydrogen-bond acceptors (Lipinski definition) is 4. The predicted molar refractivity (Wildman–Crippen MR) is 107 cm³/mol. The van der Waals surface area contributed by atoms with Gasteiger partial charge in [0.15, 0.2) is 5.78 Å². The molecule has 1 aliphatic heterocycles. The fraction of sp³-hybridized carbons (Fsp3) is 0.350. The second-order valence-corrected chi connectivity index (χ2v) is 7.55. The van der Waals surface area contributed by atoms with Crippen molar-refractivity contribution in [1.29, 1.82) is 0 Å². The number of halogens is 1. The maximum Gasteiger partial charge on any atom is 0.272 e. The van der Waals surface area contributed by atoms with E-state index >= 15 is 0 Å². The van der Waals surface area contributed by atoms with Crippen LogP contribution in [0.15, 0.2) is 18.2 Å². The first-order valence-corrected chi connectivity index (χ1v) is 9.69. The molecule has 0 bridgehead atoms. The molecule has 1 saturated heterocycles. The van der Waals surface area contributed by atoms with Crippen LogP contribution in [0.2, 0.25) is 5.02 Å². The highest BCUT2D eigenvalue weighted by Gasteiger charge is 2.26. The lowest BCUT2D eigenvalue weighted by molar-refractivity contribution is -0.120. The van der Waals surface area contributed by atoms with Gasteiger partial charge < -0.3 is 20.5 Å². The van der Waals surface area contributed by atoms with Crippen LogP contribution in [0.4, 0.5) is 11.4 Å². The maximum absolute atomic E-state index is 12.7. The van der Waals surface area contributed by atoms with Crippen LogP contribution in [-0.2, 0) is 11.2 Å². The molecule has 3 N–H and O–H groups in total. The van der Waals surface area contributed by atoms with Gasteiger partial charge in [0.05, 0.1) is 17.3 Å². The van der Waals surface area contributed by atoms with Crippen molar-refractivity contribution >= 4 is 40.6 Å². The van der Waals surface area contributed by atoms with Gasteiger partial charge in [0.25, 0.3) is 5.91 Å². The molecule has 146 valence electrons. The van der Waals surface area contributed by atoms with E-state index in [1.165, 1.54) is 0 Å². The Balaban J connectivity index is 1.53. The van der Waals surface area contributed by atoms with Crippen LogP contribution in [0.1, 0.15) is 44.9 Å². The van der Waals surface area contributed by atoms with Crippen LogP contribution < -0.4 is 15.5 Å². The minimum absolute atomic E-state index is 0.0413. The van der Waals surface area contributed by atoms with Crippen LogP contribution in [0.3, 0.4) is 0 Å². The fourth-order valence-electron chi connectivity index (χ4n) is 3.88. The minimum Gasteiger partial charge on any atom is -0.359 e. The number of fused-ring (bicyclic) bond motifs is 1. The van der Waals surface area contributed by atoms with Gasteiger partial charge in [0.2, 0.25) is 5.91 Å². The summed E-state index contributed by atoms with van der Waals surface area (Å²) in [5.74, 6) is -0.256. The number of nitrogens with one attached hydrogen (secondary N) is 3. The van der Waals surface area contributed by atoms with Crippen molar-refractivity contribution < 1.29 is 14.4 Å². The average molecular weight is 401 g/mol. The lowest BCUT2D eigenvalue weighted by Gasteiger charge is -2.29. The molecule has 4 rings (SSSR count). The number of amides is 2. The van der Waals surface area contributed by atoms with Crippen LogP contribution in [0.25, 0.3) is 0 Å². The standard InChI is InChI=1S/C20H21ClN4O3/c1-11-18-14(3-2-4-16(18)26)24-19(11)20(28)23-12-5-6-15(13(21)9-12)25-8-7-22-17(27)10-25/h5-6,9,24H,2-4,7-8,10H2,1H3,(H,22,27)(H,23,28). The molecule has 1 aromatic carbocycles. The molecule has 1 aliphatic carbocycles. The Hall–Kier alpha value is -2.80. The number of carbonyl (C=O) groups excluding carboxylic acids is 3. The number of H-pyrrole nitrogens is 1. The molecule has 2 heterocycles. The van der Waals surface area contributed by atoms with Gasteiger partial charge in [-0.25, -0.2) is 0 Å². The lowest BCUT2D eigenvalue weighted by Crippen LogP contribution is -2.47. The number of nitrogens with zero attached hydrogens (tertiary/aromatic N) is 1. The van der Waals surface area contributed by atoms with Gasteiger partial charge in [-0.1, -0.05) is 11.6 Å². The molecule has 0 radical (unpaired) electrons. The van der Waals surface area contributed by atoms with E-state index in [0.717, 1.165) is 24.2 Å². The Morgan fingerprint density at radius 3 is 2.79 bits per heavy atom. The van der Waals surface area contributed by atoms with E-state index in [0.29, 0.717) is 47.0 Å². The first-order valence-electron chi connectivity index (χ1n) is 9.31.